The van der Waals surface area contributed by atoms with Gasteiger partial charge in [0.1, 0.15) is 0 Å². The minimum Gasteiger partial charge on any atom is -0.0612 e. The van der Waals surface area contributed by atoms with Gasteiger partial charge in [-0.1, -0.05) is 6.92 Å². The van der Waals surface area contributed by atoms with Crippen molar-refractivity contribution in [1.29, 1.82) is 0 Å². The zero-order chi connectivity index (χ0) is 8.43. The lowest BCUT2D eigenvalue weighted by Gasteiger charge is -2.05. The number of hydrogen-bond acceptors (Lipinski definition) is 0. The molecule has 0 amide bonds. The van der Waals surface area contributed by atoms with Crippen LogP contribution in [0.1, 0.15) is 12.5 Å². The summed E-state index contributed by atoms with van der Waals surface area (Å²) in [5.74, 6) is 0. The van der Waals surface area contributed by atoms with Crippen molar-refractivity contribution in [2.45, 2.75) is 13.3 Å². The fraction of sp³-hybridized carbons (Fsp3) is 0.250. The first-order valence-electron chi connectivity index (χ1n) is 3.29. The molecule has 0 aliphatic heterocycles. The molecule has 0 unspecified atom stereocenters. The average Bonchev–Trinajstić information content (AvgIpc) is 1.99. The second-order valence-electron chi connectivity index (χ2n) is 2.18. The highest BCUT2D eigenvalue weighted by atomic mass is 127. The molecule has 0 radical (unpaired) electrons. The van der Waals surface area contributed by atoms with E-state index in [1.165, 1.54) is 16.3 Å². The molecule has 0 aliphatic rings. The largest absolute Gasteiger partial charge is 0.0612 e. The first-order chi connectivity index (χ1) is 5.16. The predicted molar refractivity (Wildman–Crippen MR) is 74.0 cm³/mol. The van der Waals surface area contributed by atoms with Gasteiger partial charge < -0.3 is 0 Å². The second kappa shape index (κ2) is 4.59. The lowest BCUT2D eigenvalue weighted by molar-refractivity contribution is 1.11. The summed E-state index contributed by atoms with van der Waals surface area (Å²) in [6.07, 6.45) is 1.13. The number of hydrogen-bond donors (Lipinski definition) is 0. The second-order valence-corrected chi connectivity index (χ2v) is 5.58. The van der Waals surface area contributed by atoms with Crippen LogP contribution >= 0.6 is 67.8 Å². The first-order valence-corrected chi connectivity index (χ1v) is 6.52. The van der Waals surface area contributed by atoms with E-state index in [0.717, 1.165) is 6.42 Å². The van der Waals surface area contributed by atoms with Gasteiger partial charge in [0, 0.05) is 10.7 Å². The highest BCUT2D eigenvalue weighted by molar-refractivity contribution is 14.1. The Hall–Kier alpha value is 1.41. The molecular weight excluding hydrogens is 477 g/mol. The van der Waals surface area contributed by atoms with E-state index >= 15 is 0 Å². The quantitative estimate of drug-likeness (QED) is 0.417. The highest BCUT2D eigenvalue weighted by Gasteiger charge is 2.04. The topological polar surface area (TPSA) is 0 Å². The Morgan fingerprint density at radius 3 is 2.09 bits per heavy atom. The lowest BCUT2D eigenvalue weighted by atomic mass is 10.2. The third-order valence-corrected chi connectivity index (χ3v) is 5.67. The Kier molecular flexibility index (Phi) is 4.38. The smallest absolute Gasteiger partial charge is 0.0306 e. The molecule has 0 aliphatic carbocycles. The van der Waals surface area contributed by atoms with Gasteiger partial charge in [-0.15, -0.1) is 0 Å². The molecule has 60 valence electrons. The van der Waals surface area contributed by atoms with E-state index in [0.29, 0.717) is 0 Å². The molecule has 1 aromatic carbocycles. The van der Waals surface area contributed by atoms with Crippen LogP contribution in [-0.2, 0) is 6.42 Å². The maximum Gasteiger partial charge on any atom is 0.0306 e. The number of halogens is 3. The van der Waals surface area contributed by atoms with Gasteiger partial charge in [-0.25, -0.2) is 0 Å². The minimum atomic E-state index is 1.13. The van der Waals surface area contributed by atoms with Crippen molar-refractivity contribution >= 4 is 67.8 Å². The van der Waals surface area contributed by atoms with Crippen LogP contribution in [0.25, 0.3) is 0 Å². The normalized spacial score (nSPS) is 10.2. The van der Waals surface area contributed by atoms with Gasteiger partial charge in [0.2, 0.25) is 0 Å². The highest BCUT2D eigenvalue weighted by Crippen LogP contribution is 2.24. The molecule has 0 spiro atoms. The van der Waals surface area contributed by atoms with Crippen LogP contribution in [0.5, 0.6) is 0 Å². The molecule has 0 nitrogen and oxygen atoms in total. The fourth-order valence-electron chi connectivity index (χ4n) is 0.893. The van der Waals surface area contributed by atoms with Crippen LogP contribution in [-0.4, -0.2) is 0 Å². The van der Waals surface area contributed by atoms with Crippen molar-refractivity contribution in [2.75, 3.05) is 0 Å². The number of benzene rings is 1. The van der Waals surface area contributed by atoms with Crippen molar-refractivity contribution < 1.29 is 0 Å². The monoisotopic (exact) mass is 484 g/mol. The Labute approximate surface area is 108 Å². The van der Waals surface area contributed by atoms with E-state index in [4.69, 9.17) is 0 Å². The maximum absolute atomic E-state index is 2.42. The Balaban J connectivity index is 3.29. The van der Waals surface area contributed by atoms with Gasteiger partial charge in [-0.05, 0) is 91.9 Å². The summed E-state index contributed by atoms with van der Waals surface area (Å²) in [5, 5.41) is 0. The maximum atomic E-state index is 2.42. The van der Waals surface area contributed by atoms with Crippen LogP contribution in [0.3, 0.4) is 0 Å². The molecule has 0 saturated heterocycles. The molecule has 0 saturated carbocycles. The van der Waals surface area contributed by atoms with Gasteiger partial charge in [0.15, 0.2) is 0 Å². The zero-order valence-corrected chi connectivity index (χ0v) is 12.5. The summed E-state index contributed by atoms with van der Waals surface area (Å²) in [5.41, 5.74) is 1.48. The predicted octanol–water partition coefficient (Wildman–Crippen LogP) is 4.06. The van der Waals surface area contributed by atoms with Crippen molar-refractivity contribution in [3.63, 3.8) is 0 Å². The van der Waals surface area contributed by atoms with Crippen molar-refractivity contribution in [2.24, 2.45) is 0 Å². The third-order valence-electron chi connectivity index (χ3n) is 1.49. The van der Waals surface area contributed by atoms with Crippen molar-refractivity contribution in [3.05, 3.63) is 28.4 Å². The summed E-state index contributed by atoms with van der Waals surface area (Å²) in [4.78, 5) is 0. The van der Waals surface area contributed by atoms with Crippen LogP contribution in [0.2, 0.25) is 0 Å². The molecule has 1 aromatic rings. The molecule has 0 heterocycles. The summed E-state index contributed by atoms with van der Waals surface area (Å²) in [6, 6.07) is 4.35. The molecule has 1 rings (SSSR count). The van der Waals surface area contributed by atoms with E-state index in [1.54, 1.807) is 0 Å². The zero-order valence-electron chi connectivity index (χ0n) is 6.00. The van der Waals surface area contributed by atoms with E-state index in [-0.39, 0.29) is 0 Å². The third kappa shape index (κ3) is 2.43. The summed E-state index contributed by atoms with van der Waals surface area (Å²) in [6.45, 7) is 2.20. The van der Waals surface area contributed by atoms with Crippen molar-refractivity contribution in [1.82, 2.24) is 0 Å². The van der Waals surface area contributed by atoms with Crippen LogP contribution in [0, 0.1) is 10.7 Å². The van der Waals surface area contributed by atoms with E-state index in [2.05, 4.69) is 86.8 Å². The van der Waals surface area contributed by atoms with Gasteiger partial charge in [0.05, 0.1) is 0 Å². The van der Waals surface area contributed by atoms with Crippen LogP contribution < -0.4 is 0 Å². The van der Waals surface area contributed by atoms with Gasteiger partial charge in [0.25, 0.3) is 0 Å². The molecule has 0 aromatic heterocycles. The Bertz CT molecular complexity index is 268. The van der Waals surface area contributed by atoms with E-state index in [1.807, 2.05) is 0 Å². The summed E-state index contributed by atoms with van der Waals surface area (Å²) in [7, 11) is 0. The van der Waals surface area contributed by atoms with Crippen LogP contribution in [0.4, 0.5) is 0 Å². The number of rotatable bonds is 1. The standard InChI is InChI=1S/C8H7I3/c1-2-5-6(9)3-4-7(10)8(5)11/h3-4H,2H2,1H3. The van der Waals surface area contributed by atoms with Gasteiger partial charge in [-0.3, -0.25) is 0 Å². The van der Waals surface area contributed by atoms with Crippen LogP contribution in [0.15, 0.2) is 12.1 Å². The molecule has 3 heteroatoms. The SMILES string of the molecule is CCc1c(I)ccc(I)c1I. The molecule has 0 bridgehead atoms. The average molecular weight is 484 g/mol. The molecule has 0 atom stereocenters. The summed E-state index contributed by atoms with van der Waals surface area (Å²) < 4.78 is 4.16. The summed E-state index contributed by atoms with van der Waals surface area (Å²) >= 11 is 7.19. The first kappa shape index (κ1) is 10.5. The van der Waals surface area contributed by atoms with Crippen molar-refractivity contribution in [3.8, 4) is 0 Å². The Morgan fingerprint density at radius 2 is 1.64 bits per heavy atom. The fourth-order valence-corrected chi connectivity index (χ4v) is 3.60. The molecule has 0 fully saturated rings. The van der Waals surface area contributed by atoms with E-state index in [9.17, 15) is 0 Å². The lowest BCUT2D eigenvalue weighted by Crippen LogP contribution is -1.93. The van der Waals surface area contributed by atoms with E-state index < -0.39 is 0 Å². The van der Waals surface area contributed by atoms with Gasteiger partial charge in [-0.2, -0.15) is 0 Å². The van der Waals surface area contributed by atoms with Gasteiger partial charge >= 0.3 is 0 Å². The minimum absolute atomic E-state index is 1.13. The molecule has 11 heavy (non-hydrogen) atoms. The Morgan fingerprint density at radius 1 is 1.09 bits per heavy atom. The molecular formula is C8H7I3. The molecule has 0 N–H and O–H groups in total.